The highest BCUT2D eigenvalue weighted by Crippen LogP contribution is 2.35. The fraction of sp³-hybridized carbons (Fsp3) is 0.100. The summed E-state index contributed by atoms with van der Waals surface area (Å²) in [4.78, 5) is 27.4. The molecule has 2 aromatic heterocycles. The quantitative estimate of drug-likeness (QED) is 0.358. The van der Waals surface area contributed by atoms with Crippen molar-refractivity contribution < 1.29 is 22.9 Å². The average Bonchev–Trinajstić information content (AvgIpc) is 3.42. The van der Waals surface area contributed by atoms with Crippen molar-refractivity contribution in [1.29, 1.82) is 0 Å². The van der Waals surface area contributed by atoms with Crippen LogP contribution in [0.25, 0.3) is 11.4 Å². The minimum atomic E-state index is -4.64. The monoisotopic (exact) mass is 457 g/mol. The van der Waals surface area contributed by atoms with Crippen LogP contribution in [0.2, 0.25) is 0 Å². The fourth-order valence-electron chi connectivity index (χ4n) is 3.20. The van der Waals surface area contributed by atoms with Gasteiger partial charge in [0, 0.05) is 17.7 Å². The van der Waals surface area contributed by atoms with E-state index >= 15 is 0 Å². The molecule has 0 spiro atoms. The molecular formula is C20H14F3N7O3. The molecular weight excluding hydrogens is 443 g/mol. The Balaban J connectivity index is 1.71. The third-order valence-electron chi connectivity index (χ3n) is 4.61. The second-order valence-corrected chi connectivity index (χ2v) is 6.85. The zero-order valence-electron chi connectivity index (χ0n) is 16.8. The number of nitro groups is 1. The Kier molecular flexibility index (Phi) is 5.37. The molecule has 1 amide bonds. The predicted molar refractivity (Wildman–Crippen MR) is 109 cm³/mol. The van der Waals surface area contributed by atoms with E-state index in [0.717, 1.165) is 16.8 Å². The van der Waals surface area contributed by atoms with Crippen LogP contribution in [-0.4, -0.2) is 35.4 Å². The SMILES string of the molecule is Cc1cc(NC(=O)c2ccc(-n3cncn3)c([N+](=O)[O-])c2)n(-c2ccccc2C(F)(F)F)n1. The van der Waals surface area contributed by atoms with Crippen LogP contribution in [0.15, 0.2) is 61.2 Å². The van der Waals surface area contributed by atoms with Crippen LogP contribution in [0.1, 0.15) is 21.6 Å². The lowest BCUT2D eigenvalue weighted by Gasteiger charge is -2.15. The number of hydrogen-bond acceptors (Lipinski definition) is 6. The second kappa shape index (κ2) is 8.18. The Bertz CT molecular complexity index is 1350. The third kappa shape index (κ3) is 4.28. The number of rotatable bonds is 5. The Morgan fingerprint density at radius 3 is 2.55 bits per heavy atom. The van der Waals surface area contributed by atoms with Crippen LogP contribution in [0.5, 0.6) is 0 Å². The molecule has 1 N–H and O–H groups in total. The van der Waals surface area contributed by atoms with Crippen molar-refractivity contribution in [3.05, 3.63) is 88.1 Å². The van der Waals surface area contributed by atoms with Gasteiger partial charge in [-0.1, -0.05) is 12.1 Å². The van der Waals surface area contributed by atoms with Crippen LogP contribution >= 0.6 is 0 Å². The first-order valence-corrected chi connectivity index (χ1v) is 9.33. The first kappa shape index (κ1) is 21.7. The highest BCUT2D eigenvalue weighted by molar-refractivity contribution is 6.04. The van der Waals surface area contributed by atoms with Gasteiger partial charge in [0.1, 0.15) is 24.2 Å². The molecule has 13 heteroatoms. The Labute approximate surface area is 183 Å². The predicted octanol–water partition coefficient (Wildman–Crippen LogP) is 3.94. The van der Waals surface area contributed by atoms with Crippen LogP contribution in [0.3, 0.4) is 0 Å². The van der Waals surface area contributed by atoms with Gasteiger partial charge in [0.05, 0.1) is 21.9 Å². The molecule has 0 atom stereocenters. The molecule has 33 heavy (non-hydrogen) atoms. The molecule has 0 saturated carbocycles. The molecule has 4 aromatic rings. The number of alkyl halides is 3. The van der Waals surface area contributed by atoms with Gasteiger partial charge in [0.15, 0.2) is 0 Å². The summed E-state index contributed by atoms with van der Waals surface area (Å²) >= 11 is 0. The first-order valence-electron chi connectivity index (χ1n) is 9.33. The summed E-state index contributed by atoms with van der Waals surface area (Å²) in [7, 11) is 0. The lowest BCUT2D eigenvalue weighted by Crippen LogP contribution is -2.17. The molecule has 0 aliphatic heterocycles. The standard InChI is InChI=1S/C20H14F3N7O3/c1-12-8-18(29(27-12)15-5-3-2-4-14(15)20(21,22)23)26-19(31)13-6-7-16(17(9-13)30(32)33)28-11-24-10-25-28/h2-11H,1H3,(H,26,31). The van der Waals surface area contributed by atoms with Crippen molar-refractivity contribution in [1.82, 2.24) is 24.5 Å². The fourth-order valence-corrected chi connectivity index (χ4v) is 3.20. The van der Waals surface area contributed by atoms with Crippen molar-refractivity contribution in [2.45, 2.75) is 13.1 Å². The molecule has 0 bridgehead atoms. The van der Waals surface area contributed by atoms with Gasteiger partial charge in [-0.3, -0.25) is 14.9 Å². The van der Waals surface area contributed by atoms with E-state index in [1.54, 1.807) is 6.92 Å². The number of carbonyl (C=O) groups excluding carboxylic acids is 1. The summed E-state index contributed by atoms with van der Waals surface area (Å²) in [6, 6.07) is 9.88. The number of hydrogen-bond donors (Lipinski definition) is 1. The highest BCUT2D eigenvalue weighted by atomic mass is 19.4. The van der Waals surface area contributed by atoms with Gasteiger partial charge in [-0.15, -0.1) is 0 Å². The molecule has 0 aliphatic carbocycles. The topological polar surface area (TPSA) is 121 Å². The summed E-state index contributed by atoms with van der Waals surface area (Å²) in [6.07, 6.45) is -2.18. The van der Waals surface area contributed by atoms with Gasteiger partial charge in [-0.25, -0.2) is 14.3 Å². The van der Waals surface area contributed by atoms with E-state index in [1.165, 1.54) is 53.7 Å². The van der Waals surface area contributed by atoms with Gasteiger partial charge < -0.3 is 5.32 Å². The Morgan fingerprint density at radius 1 is 1.12 bits per heavy atom. The summed E-state index contributed by atoms with van der Waals surface area (Å²) < 4.78 is 42.6. The van der Waals surface area contributed by atoms with Crippen molar-refractivity contribution in [2.75, 3.05) is 5.32 Å². The van der Waals surface area contributed by atoms with E-state index in [2.05, 4.69) is 20.5 Å². The molecule has 10 nitrogen and oxygen atoms in total. The van der Waals surface area contributed by atoms with Crippen LogP contribution in [0.4, 0.5) is 24.7 Å². The van der Waals surface area contributed by atoms with Crippen molar-refractivity contribution >= 4 is 17.4 Å². The number of aromatic nitrogens is 5. The molecule has 0 aliphatic rings. The second-order valence-electron chi connectivity index (χ2n) is 6.85. The molecule has 0 radical (unpaired) electrons. The number of para-hydroxylation sites is 1. The number of anilines is 1. The van der Waals surface area contributed by atoms with Gasteiger partial charge >= 0.3 is 6.18 Å². The summed E-state index contributed by atoms with van der Waals surface area (Å²) in [5.41, 5.74) is -1.25. The number of carbonyl (C=O) groups is 1. The zero-order valence-corrected chi connectivity index (χ0v) is 16.8. The van der Waals surface area contributed by atoms with Crippen molar-refractivity contribution in [2.24, 2.45) is 0 Å². The normalized spacial score (nSPS) is 11.4. The minimum Gasteiger partial charge on any atom is -0.306 e. The number of benzene rings is 2. The first-order chi connectivity index (χ1) is 15.6. The number of aryl methyl sites for hydroxylation is 1. The molecule has 4 rings (SSSR count). The maximum absolute atomic E-state index is 13.5. The number of nitrogens with zero attached hydrogens (tertiary/aromatic N) is 6. The lowest BCUT2D eigenvalue weighted by molar-refractivity contribution is -0.384. The molecule has 168 valence electrons. The van der Waals surface area contributed by atoms with E-state index in [0.29, 0.717) is 5.69 Å². The number of amides is 1. The van der Waals surface area contributed by atoms with Gasteiger partial charge in [0.25, 0.3) is 11.6 Å². The molecule has 2 heterocycles. The largest absolute Gasteiger partial charge is 0.418 e. The summed E-state index contributed by atoms with van der Waals surface area (Å²) in [5.74, 6) is -0.800. The minimum absolute atomic E-state index is 0.0304. The van der Waals surface area contributed by atoms with Crippen molar-refractivity contribution in [3.63, 3.8) is 0 Å². The van der Waals surface area contributed by atoms with Gasteiger partial charge in [-0.2, -0.15) is 23.4 Å². The molecule has 0 unspecified atom stereocenters. The van der Waals surface area contributed by atoms with Crippen LogP contribution in [0, 0.1) is 17.0 Å². The number of nitrogens with one attached hydrogen (secondary N) is 1. The lowest BCUT2D eigenvalue weighted by atomic mass is 10.1. The molecule has 0 fully saturated rings. The van der Waals surface area contributed by atoms with Crippen molar-refractivity contribution in [3.8, 4) is 11.4 Å². The van der Waals surface area contributed by atoms with Crippen LogP contribution < -0.4 is 5.32 Å². The summed E-state index contributed by atoms with van der Waals surface area (Å²) in [5, 5.41) is 21.9. The molecule has 2 aromatic carbocycles. The van der Waals surface area contributed by atoms with Gasteiger partial charge in [-0.05, 0) is 31.2 Å². The number of halogens is 3. The maximum atomic E-state index is 13.5. The Morgan fingerprint density at radius 2 is 1.88 bits per heavy atom. The van der Waals surface area contributed by atoms with Crippen LogP contribution in [-0.2, 0) is 6.18 Å². The molecule has 0 saturated heterocycles. The van der Waals surface area contributed by atoms with E-state index < -0.39 is 28.3 Å². The highest BCUT2D eigenvalue weighted by Gasteiger charge is 2.34. The third-order valence-corrected chi connectivity index (χ3v) is 4.61. The number of nitro benzene ring substituents is 1. The summed E-state index contributed by atoms with van der Waals surface area (Å²) in [6.45, 7) is 1.56. The maximum Gasteiger partial charge on any atom is 0.418 e. The smallest absolute Gasteiger partial charge is 0.306 e. The van der Waals surface area contributed by atoms with E-state index in [-0.39, 0.29) is 22.8 Å². The van der Waals surface area contributed by atoms with E-state index in [4.69, 9.17) is 0 Å². The average molecular weight is 457 g/mol. The Hall–Kier alpha value is -4.55. The van der Waals surface area contributed by atoms with E-state index in [1.807, 2.05) is 0 Å². The zero-order chi connectivity index (χ0) is 23.8. The van der Waals surface area contributed by atoms with Gasteiger partial charge in [0.2, 0.25) is 0 Å². The van der Waals surface area contributed by atoms with E-state index in [9.17, 15) is 28.1 Å².